The van der Waals surface area contributed by atoms with Gasteiger partial charge in [0.25, 0.3) is 5.91 Å². The molecule has 38 heavy (non-hydrogen) atoms. The summed E-state index contributed by atoms with van der Waals surface area (Å²) in [5.41, 5.74) is 4.99. The minimum atomic E-state index is -1.33. The maximum absolute atomic E-state index is 12.4. The van der Waals surface area contributed by atoms with E-state index < -0.39 is 18.4 Å². The molecule has 2 aromatic rings. The normalized spacial score (nSPS) is 20.6. The number of benzene rings is 2. The molecule has 6 nitrogen and oxygen atoms in total. The first-order valence-corrected chi connectivity index (χ1v) is 13.3. The molecular weight excluding hydrogens is 544 g/mol. The number of rotatable bonds is 6. The first-order valence-electron chi connectivity index (χ1n) is 12.1. The van der Waals surface area contributed by atoms with Crippen LogP contribution in [0, 0.1) is 0 Å². The Morgan fingerprint density at radius 3 is 2.61 bits per heavy atom. The first kappa shape index (κ1) is 30.8. The van der Waals surface area contributed by atoms with Gasteiger partial charge in [-0.3, -0.25) is 9.69 Å². The minimum absolute atomic E-state index is 0. The molecule has 2 aromatic carbocycles. The molecule has 2 atom stereocenters. The van der Waals surface area contributed by atoms with E-state index in [1.807, 2.05) is 18.2 Å². The van der Waals surface area contributed by atoms with E-state index in [-0.39, 0.29) is 55.7 Å². The third kappa shape index (κ3) is 7.07. The van der Waals surface area contributed by atoms with Gasteiger partial charge in [0.15, 0.2) is 0 Å². The summed E-state index contributed by atoms with van der Waals surface area (Å²) in [6, 6.07) is 17.6. The number of aliphatic carboxylic acids is 1. The number of thiocarbonyl (C=S) groups is 1. The van der Waals surface area contributed by atoms with Crippen molar-refractivity contribution in [1.29, 1.82) is 0 Å². The van der Waals surface area contributed by atoms with Crippen LogP contribution in [0.1, 0.15) is 43.2 Å². The van der Waals surface area contributed by atoms with E-state index in [1.54, 1.807) is 20.1 Å². The van der Waals surface area contributed by atoms with Crippen LogP contribution in [-0.2, 0) is 14.3 Å². The van der Waals surface area contributed by atoms with Gasteiger partial charge in [0.05, 0.1) is 30.3 Å². The van der Waals surface area contributed by atoms with E-state index in [0.29, 0.717) is 16.9 Å². The monoisotopic (exact) mass is 572 g/mol. The number of carboxylic acids is 1. The molecule has 0 bridgehead atoms. The summed E-state index contributed by atoms with van der Waals surface area (Å²) in [7, 11) is 1.60. The van der Waals surface area contributed by atoms with Gasteiger partial charge in [-0.1, -0.05) is 73.4 Å². The van der Waals surface area contributed by atoms with Crippen LogP contribution in [0.4, 0.5) is 11.4 Å². The zero-order chi connectivity index (χ0) is 26.5. The molecular formula is C29H29KN2O4S2. The molecule has 5 rings (SSSR count). The summed E-state index contributed by atoms with van der Waals surface area (Å²) in [5, 5.41) is 10.8. The van der Waals surface area contributed by atoms with E-state index >= 15 is 0 Å². The fourth-order valence-electron chi connectivity index (χ4n) is 4.93. The molecule has 9 heteroatoms. The summed E-state index contributed by atoms with van der Waals surface area (Å²) >= 11 is 6.22. The Balaban J connectivity index is 0.000000612. The second-order valence-electron chi connectivity index (χ2n) is 9.06. The average molecular weight is 573 g/mol. The molecule has 1 amide bonds. The topological polar surface area (TPSA) is 72.9 Å². The molecule has 0 aromatic heterocycles. The summed E-state index contributed by atoms with van der Waals surface area (Å²) in [6.45, 7) is 4.74. The molecule has 2 aliphatic heterocycles. The number of thioether (sulfide) groups is 1. The van der Waals surface area contributed by atoms with Gasteiger partial charge in [0.2, 0.25) is 0 Å². The summed E-state index contributed by atoms with van der Waals surface area (Å²) < 4.78 is 4.80. The van der Waals surface area contributed by atoms with Crippen LogP contribution in [0.2, 0.25) is 0 Å². The van der Waals surface area contributed by atoms with Crippen LogP contribution < -0.4 is 61.4 Å². The van der Waals surface area contributed by atoms with E-state index in [0.717, 1.165) is 28.0 Å². The van der Waals surface area contributed by atoms with Crippen molar-refractivity contribution in [3.05, 3.63) is 89.1 Å². The SMILES string of the molecule is C=C(C)OC.O=C([O-])CN1C(=O)/C(=C\C=Cc2ccc3c(c2)C2CCCC2N3c2ccccc2)SC1=S.[K+]. The second kappa shape index (κ2) is 14.1. The van der Waals surface area contributed by atoms with Crippen LogP contribution in [0.3, 0.4) is 0 Å². The molecule has 0 spiro atoms. The van der Waals surface area contributed by atoms with Gasteiger partial charge < -0.3 is 19.5 Å². The molecule has 2 unspecified atom stereocenters. The molecule has 1 saturated heterocycles. The number of para-hydroxylation sites is 1. The fourth-order valence-corrected chi connectivity index (χ4v) is 6.14. The number of carbonyl (C=O) groups excluding carboxylic acids is 2. The van der Waals surface area contributed by atoms with E-state index in [1.165, 1.54) is 36.2 Å². The number of carbonyl (C=O) groups is 2. The molecule has 0 radical (unpaired) electrons. The zero-order valence-corrected chi connectivity index (χ0v) is 26.6. The number of fused-ring (bicyclic) bond motifs is 3. The third-order valence-electron chi connectivity index (χ3n) is 6.60. The zero-order valence-electron chi connectivity index (χ0n) is 21.9. The Morgan fingerprint density at radius 1 is 1.24 bits per heavy atom. The van der Waals surface area contributed by atoms with Crippen molar-refractivity contribution in [2.45, 2.75) is 38.1 Å². The van der Waals surface area contributed by atoms with Crippen LogP contribution >= 0.6 is 24.0 Å². The number of allylic oxidation sites excluding steroid dienone is 3. The van der Waals surface area contributed by atoms with Crippen molar-refractivity contribution < 1.29 is 70.8 Å². The van der Waals surface area contributed by atoms with Crippen molar-refractivity contribution in [1.82, 2.24) is 4.90 Å². The molecule has 2 heterocycles. The molecule has 3 aliphatic rings. The maximum Gasteiger partial charge on any atom is 1.00 e. The third-order valence-corrected chi connectivity index (χ3v) is 8.00. The summed E-state index contributed by atoms with van der Waals surface area (Å²) in [4.78, 5) is 27.2. The number of carboxylic acid groups (broad SMARTS) is 1. The minimum Gasteiger partial charge on any atom is -0.548 e. The van der Waals surface area contributed by atoms with Crippen LogP contribution in [0.25, 0.3) is 6.08 Å². The summed E-state index contributed by atoms with van der Waals surface area (Å²) in [6.07, 6.45) is 9.13. The smallest absolute Gasteiger partial charge is 0.548 e. The number of ether oxygens (including phenoxy) is 1. The number of hydrogen-bond acceptors (Lipinski definition) is 7. The predicted molar refractivity (Wildman–Crippen MR) is 151 cm³/mol. The van der Waals surface area contributed by atoms with E-state index in [9.17, 15) is 14.7 Å². The Labute approximate surface area is 276 Å². The van der Waals surface area contributed by atoms with E-state index in [4.69, 9.17) is 12.2 Å². The van der Waals surface area contributed by atoms with Crippen molar-refractivity contribution >= 4 is 57.6 Å². The number of nitrogens with zero attached hydrogens (tertiary/aromatic N) is 2. The summed E-state index contributed by atoms with van der Waals surface area (Å²) in [5.74, 6) is -0.425. The Hall–Kier alpha value is -1.72. The fraction of sp³-hybridized carbons (Fsp3) is 0.276. The number of methoxy groups -OCH3 is 1. The molecule has 0 N–H and O–H groups in total. The standard InChI is InChI=1S/C25H22N2O3S2.C4H8O.K/c28-23(29)15-26-24(30)22(32-25(26)31)11-4-6-16-12-13-21-19(14-16)18-9-5-10-20(18)27(21)17-7-2-1-3-8-17;1-4(2)5-3;/h1-4,6-8,11-14,18,20H,5,9-10,15H2,(H,28,29);1H2,2-3H3;/q;;+1/p-1/b6-4?,22-11+;;. The maximum atomic E-state index is 12.4. The molecule has 1 aliphatic carbocycles. The van der Waals surface area contributed by atoms with Gasteiger partial charge in [-0.2, -0.15) is 0 Å². The Kier molecular flexibility index (Phi) is 11.4. The van der Waals surface area contributed by atoms with E-state index in [2.05, 4.69) is 58.7 Å². The first-order chi connectivity index (χ1) is 17.8. The molecule has 2 fully saturated rings. The largest absolute Gasteiger partial charge is 1.00 e. The van der Waals surface area contributed by atoms with Gasteiger partial charge in [-0.15, -0.1) is 0 Å². The van der Waals surface area contributed by atoms with Crippen LogP contribution in [-0.4, -0.2) is 40.8 Å². The predicted octanol–water partition coefficient (Wildman–Crippen LogP) is 2.15. The number of anilines is 2. The molecule has 1 saturated carbocycles. The van der Waals surface area contributed by atoms with Gasteiger partial charge in [-0.25, -0.2) is 0 Å². The van der Waals surface area contributed by atoms with Crippen molar-refractivity contribution in [2.24, 2.45) is 0 Å². The van der Waals surface area contributed by atoms with Crippen molar-refractivity contribution in [3.63, 3.8) is 0 Å². The van der Waals surface area contributed by atoms with Crippen LogP contribution in [0.15, 0.2) is 77.9 Å². The van der Waals surface area contributed by atoms with Gasteiger partial charge in [0.1, 0.15) is 4.32 Å². The Morgan fingerprint density at radius 2 is 1.95 bits per heavy atom. The Bertz CT molecular complexity index is 1280. The van der Waals surface area contributed by atoms with Crippen molar-refractivity contribution in [2.75, 3.05) is 18.6 Å². The number of hydrogen-bond donors (Lipinski definition) is 0. The quantitative estimate of drug-likeness (QED) is 0.227. The number of amides is 1. The van der Waals surface area contributed by atoms with Gasteiger partial charge in [0, 0.05) is 23.3 Å². The average Bonchev–Trinajstić information content (AvgIpc) is 3.54. The van der Waals surface area contributed by atoms with Crippen LogP contribution in [0.5, 0.6) is 0 Å². The molecule has 192 valence electrons. The van der Waals surface area contributed by atoms with Gasteiger partial charge in [-0.05, 0) is 61.2 Å². The van der Waals surface area contributed by atoms with Gasteiger partial charge >= 0.3 is 51.4 Å². The van der Waals surface area contributed by atoms with Crippen molar-refractivity contribution in [3.8, 4) is 0 Å². The second-order valence-corrected chi connectivity index (χ2v) is 10.7.